The third-order valence-corrected chi connectivity index (χ3v) is 4.05. The molecule has 0 heterocycles. The van der Waals surface area contributed by atoms with Crippen molar-refractivity contribution in [3.63, 3.8) is 0 Å². The van der Waals surface area contributed by atoms with Crippen molar-refractivity contribution in [3.05, 3.63) is 30.1 Å². The molecule has 0 aliphatic heterocycles. The van der Waals surface area contributed by atoms with Crippen molar-refractivity contribution >= 4 is 21.6 Å². The van der Waals surface area contributed by atoms with Gasteiger partial charge in [-0.3, -0.25) is 9.10 Å². The first-order chi connectivity index (χ1) is 9.29. The minimum absolute atomic E-state index is 0.273. The molecule has 0 aromatic heterocycles. The first kappa shape index (κ1) is 16.4. The second-order valence-electron chi connectivity index (χ2n) is 4.31. The van der Waals surface area contributed by atoms with Gasteiger partial charge in [-0.25, -0.2) is 12.8 Å². The van der Waals surface area contributed by atoms with Gasteiger partial charge in [0.25, 0.3) is 0 Å². The molecule has 0 N–H and O–H groups in total. The van der Waals surface area contributed by atoms with Crippen LogP contribution < -0.4 is 4.31 Å². The number of halogens is 1. The number of benzene rings is 1. The lowest BCUT2D eigenvalue weighted by atomic mass is 10.3. The third kappa shape index (κ3) is 4.19. The van der Waals surface area contributed by atoms with E-state index in [0.717, 1.165) is 22.7 Å². The molecule has 0 aliphatic rings. The number of sulfonamides is 1. The lowest BCUT2D eigenvalue weighted by Crippen LogP contribution is -2.42. The predicted molar refractivity (Wildman–Crippen MR) is 76.5 cm³/mol. The maximum absolute atomic E-state index is 12.9. The zero-order valence-electron chi connectivity index (χ0n) is 11.8. The van der Waals surface area contributed by atoms with Crippen LogP contribution in [0.4, 0.5) is 10.1 Å². The van der Waals surface area contributed by atoms with Crippen LogP contribution in [0.15, 0.2) is 24.3 Å². The second kappa shape index (κ2) is 6.69. The monoisotopic (exact) mass is 302 g/mol. The van der Waals surface area contributed by atoms with Gasteiger partial charge in [-0.1, -0.05) is 0 Å². The van der Waals surface area contributed by atoms with Crippen LogP contribution in [0.5, 0.6) is 0 Å². The van der Waals surface area contributed by atoms with E-state index in [1.165, 1.54) is 12.1 Å². The highest BCUT2D eigenvalue weighted by atomic mass is 32.2. The van der Waals surface area contributed by atoms with Crippen molar-refractivity contribution in [3.8, 4) is 0 Å². The molecule has 0 atom stereocenters. The molecule has 0 fully saturated rings. The Labute approximate surface area is 119 Å². The number of amides is 1. The highest BCUT2D eigenvalue weighted by Crippen LogP contribution is 2.18. The Morgan fingerprint density at radius 3 is 2.05 bits per heavy atom. The molecule has 7 heteroatoms. The van der Waals surface area contributed by atoms with E-state index in [9.17, 15) is 17.6 Å². The number of carbonyl (C=O) groups is 1. The molecule has 1 rings (SSSR count). The molecule has 0 spiro atoms. The lowest BCUT2D eigenvalue weighted by molar-refractivity contribution is -0.129. The molecule has 0 saturated carbocycles. The van der Waals surface area contributed by atoms with Crippen LogP contribution in [0.25, 0.3) is 0 Å². The number of rotatable bonds is 6. The van der Waals surface area contributed by atoms with E-state index in [2.05, 4.69) is 0 Å². The van der Waals surface area contributed by atoms with E-state index in [-0.39, 0.29) is 18.1 Å². The van der Waals surface area contributed by atoms with Gasteiger partial charge < -0.3 is 4.90 Å². The van der Waals surface area contributed by atoms with Gasteiger partial charge in [0, 0.05) is 13.1 Å². The summed E-state index contributed by atoms with van der Waals surface area (Å²) in [6, 6.07) is 5.00. The number of hydrogen-bond donors (Lipinski definition) is 0. The third-order valence-electron chi connectivity index (χ3n) is 2.91. The van der Waals surface area contributed by atoms with Crippen LogP contribution in [-0.4, -0.2) is 45.1 Å². The Bertz CT molecular complexity index is 553. The van der Waals surface area contributed by atoms with E-state index in [1.54, 1.807) is 4.90 Å². The van der Waals surface area contributed by atoms with Crippen LogP contribution in [0.2, 0.25) is 0 Å². The van der Waals surface area contributed by atoms with Crippen LogP contribution in [0.1, 0.15) is 13.8 Å². The zero-order chi connectivity index (χ0) is 15.3. The summed E-state index contributed by atoms with van der Waals surface area (Å²) in [5, 5.41) is 0. The van der Waals surface area contributed by atoms with Crippen LogP contribution in [0, 0.1) is 5.82 Å². The molecular formula is C13H19FN2O3S. The smallest absolute Gasteiger partial charge is 0.243 e. The fourth-order valence-corrected chi connectivity index (χ4v) is 2.66. The highest BCUT2D eigenvalue weighted by molar-refractivity contribution is 7.92. The Morgan fingerprint density at radius 2 is 1.65 bits per heavy atom. The fourth-order valence-electron chi connectivity index (χ4n) is 1.81. The van der Waals surface area contributed by atoms with Gasteiger partial charge in [0.05, 0.1) is 11.9 Å². The molecule has 0 bridgehead atoms. The van der Waals surface area contributed by atoms with Crippen molar-refractivity contribution in [2.24, 2.45) is 0 Å². The van der Waals surface area contributed by atoms with Gasteiger partial charge in [0.15, 0.2) is 0 Å². The van der Waals surface area contributed by atoms with E-state index in [0.29, 0.717) is 13.1 Å². The maximum Gasteiger partial charge on any atom is 0.243 e. The molecule has 1 aromatic rings. The minimum atomic E-state index is -3.61. The van der Waals surface area contributed by atoms with Crippen molar-refractivity contribution in [1.82, 2.24) is 4.90 Å². The first-order valence-corrected chi connectivity index (χ1v) is 8.15. The summed E-state index contributed by atoms with van der Waals surface area (Å²) >= 11 is 0. The summed E-state index contributed by atoms with van der Waals surface area (Å²) in [6.07, 6.45) is 1.02. The quantitative estimate of drug-likeness (QED) is 0.799. The number of anilines is 1. The van der Waals surface area contributed by atoms with E-state index in [1.807, 2.05) is 13.8 Å². The topological polar surface area (TPSA) is 57.7 Å². The SMILES string of the molecule is CCN(CC)C(=O)CN(c1ccc(F)cc1)S(C)(=O)=O. The molecule has 20 heavy (non-hydrogen) atoms. The standard InChI is InChI=1S/C13H19FN2O3S/c1-4-15(5-2)13(17)10-16(20(3,18)19)12-8-6-11(14)7-9-12/h6-9H,4-5,10H2,1-3H3. The molecule has 0 unspecified atom stereocenters. The van der Waals surface area contributed by atoms with E-state index in [4.69, 9.17) is 0 Å². The predicted octanol–water partition coefficient (Wildman–Crippen LogP) is 1.46. The normalized spacial score (nSPS) is 11.2. The number of likely N-dealkylation sites (N-methyl/N-ethyl adjacent to an activating group) is 1. The van der Waals surface area contributed by atoms with Gasteiger partial charge in [-0.2, -0.15) is 0 Å². The van der Waals surface area contributed by atoms with E-state index < -0.39 is 15.8 Å². The van der Waals surface area contributed by atoms with Crippen molar-refractivity contribution in [2.45, 2.75) is 13.8 Å². The molecular weight excluding hydrogens is 283 g/mol. The molecule has 1 amide bonds. The number of hydrogen-bond acceptors (Lipinski definition) is 3. The molecule has 5 nitrogen and oxygen atoms in total. The average Bonchev–Trinajstić information content (AvgIpc) is 2.37. The average molecular weight is 302 g/mol. The van der Waals surface area contributed by atoms with Crippen LogP contribution >= 0.6 is 0 Å². The van der Waals surface area contributed by atoms with Crippen LogP contribution in [0.3, 0.4) is 0 Å². The summed E-state index contributed by atoms with van der Waals surface area (Å²) in [6.45, 7) is 4.38. The van der Waals surface area contributed by atoms with E-state index >= 15 is 0 Å². The molecule has 0 saturated heterocycles. The largest absolute Gasteiger partial charge is 0.342 e. The molecule has 1 aromatic carbocycles. The maximum atomic E-state index is 12.9. The first-order valence-electron chi connectivity index (χ1n) is 6.30. The molecule has 0 radical (unpaired) electrons. The van der Waals surface area contributed by atoms with Gasteiger partial charge in [-0.05, 0) is 38.1 Å². The van der Waals surface area contributed by atoms with Crippen molar-refractivity contribution in [2.75, 3.05) is 30.2 Å². The zero-order valence-corrected chi connectivity index (χ0v) is 12.7. The van der Waals surface area contributed by atoms with Gasteiger partial charge >= 0.3 is 0 Å². The Balaban J connectivity index is 3.03. The number of carbonyl (C=O) groups excluding carboxylic acids is 1. The second-order valence-corrected chi connectivity index (χ2v) is 6.22. The van der Waals surface area contributed by atoms with Crippen molar-refractivity contribution in [1.29, 1.82) is 0 Å². The summed E-state index contributed by atoms with van der Waals surface area (Å²) in [7, 11) is -3.61. The fraction of sp³-hybridized carbons (Fsp3) is 0.462. The Kier molecular flexibility index (Phi) is 5.50. The molecule has 0 aliphatic carbocycles. The van der Waals surface area contributed by atoms with Crippen LogP contribution in [-0.2, 0) is 14.8 Å². The summed E-state index contributed by atoms with van der Waals surface area (Å²) in [4.78, 5) is 13.6. The van der Waals surface area contributed by atoms with Gasteiger partial charge in [0.2, 0.25) is 15.9 Å². The van der Waals surface area contributed by atoms with Crippen molar-refractivity contribution < 1.29 is 17.6 Å². The minimum Gasteiger partial charge on any atom is -0.342 e. The molecule has 112 valence electrons. The lowest BCUT2D eigenvalue weighted by Gasteiger charge is -2.26. The van der Waals surface area contributed by atoms with Gasteiger partial charge in [0.1, 0.15) is 12.4 Å². The summed E-state index contributed by atoms with van der Waals surface area (Å²) < 4.78 is 37.5. The highest BCUT2D eigenvalue weighted by Gasteiger charge is 2.22. The Hall–Kier alpha value is -1.63. The number of nitrogens with zero attached hydrogens (tertiary/aromatic N) is 2. The van der Waals surface area contributed by atoms with Gasteiger partial charge in [-0.15, -0.1) is 0 Å². The Morgan fingerprint density at radius 1 is 1.15 bits per heavy atom. The summed E-state index contributed by atoms with van der Waals surface area (Å²) in [5.41, 5.74) is 0.273. The summed E-state index contributed by atoms with van der Waals surface area (Å²) in [5.74, 6) is -0.748.